The molecule has 1 aromatic heterocycles. The minimum absolute atomic E-state index is 0.287. The minimum atomic E-state index is -0.287. The number of aliphatic hydroxyl groups is 1. The molecular weight excluding hydrogens is 232 g/mol. The number of rotatable bonds is 7. The molecule has 0 spiro atoms. The normalized spacial score (nSPS) is 15.2. The molecule has 3 nitrogen and oxygen atoms in total. The van der Waals surface area contributed by atoms with Gasteiger partial charge in [0, 0.05) is 29.7 Å². The van der Waals surface area contributed by atoms with Crippen molar-refractivity contribution in [3.8, 4) is 0 Å². The Balaban J connectivity index is 2.36. The number of hydrogen-bond acceptors (Lipinski definition) is 3. The van der Waals surface area contributed by atoms with Crippen LogP contribution in [0.15, 0.2) is 12.3 Å². The minimum Gasteiger partial charge on any atom is -0.392 e. The van der Waals surface area contributed by atoms with E-state index in [2.05, 4.69) is 32.8 Å². The molecule has 1 aromatic rings. The predicted molar refractivity (Wildman–Crippen MR) is 74.5 cm³/mol. The quantitative estimate of drug-likeness (QED) is 0.815. The molecule has 2 atom stereocenters. The Labute approximate surface area is 109 Å². The topological polar surface area (TPSA) is 38.0 Å². The van der Waals surface area contributed by atoms with E-state index >= 15 is 0 Å². The van der Waals surface area contributed by atoms with Crippen molar-refractivity contribution in [1.29, 1.82) is 0 Å². The van der Waals surface area contributed by atoms with Crippen molar-refractivity contribution >= 4 is 11.8 Å². The van der Waals surface area contributed by atoms with E-state index in [0.29, 0.717) is 17.7 Å². The highest BCUT2D eigenvalue weighted by Gasteiger charge is 2.10. The second-order valence-electron chi connectivity index (χ2n) is 4.79. The maximum atomic E-state index is 9.92. The molecule has 98 valence electrons. The van der Waals surface area contributed by atoms with Crippen molar-refractivity contribution in [1.82, 2.24) is 9.78 Å². The third-order valence-corrected chi connectivity index (χ3v) is 4.27. The Morgan fingerprint density at radius 3 is 2.65 bits per heavy atom. The summed E-state index contributed by atoms with van der Waals surface area (Å²) in [6.07, 6.45) is 3.50. The van der Waals surface area contributed by atoms with Crippen LogP contribution in [0.1, 0.15) is 45.9 Å². The van der Waals surface area contributed by atoms with E-state index in [9.17, 15) is 5.11 Å². The van der Waals surface area contributed by atoms with Crippen molar-refractivity contribution in [2.24, 2.45) is 0 Å². The number of hydrogen-bond donors (Lipinski definition) is 1. The van der Waals surface area contributed by atoms with Crippen LogP contribution >= 0.6 is 11.8 Å². The molecule has 0 aliphatic carbocycles. The summed E-state index contributed by atoms with van der Waals surface area (Å²) in [5.41, 5.74) is 0.982. The molecule has 0 radical (unpaired) electrons. The van der Waals surface area contributed by atoms with E-state index in [1.54, 1.807) is 0 Å². The molecule has 1 N–H and O–H groups in total. The summed E-state index contributed by atoms with van der Waals surface area (Å²) in [5.74, 6) is 0.795. The van der Waals surface area contributed by atoms with Gasteiger partial charge >= 0.3 is 0 Å². The molecule has 0 saturated carbocycles. The average Bonchev–Trinajstić information content (AvgIpc) is 2.74. The summed E-state index contributed by atoms with van der Waals surface area (Å²) in [6, 6.07) is 2.38. The summed E-state index contributed by atoms with van der Waals surface area (Å²) in [4.78, 5) is 0. The van der Waals surface area contributed by atoms with Gasteiger partial charge in [-0.15, -0.1) is 0 Å². The van der Waals surface area contributed by atoms with Gasteiger partial charge in [0.05, 0.1) is 11.8 Å². The highest BCUT2D eigenvalue weighted by Crippen LogP contribution is 2.16. The van der Waals surface area contributed by atoms with E-state index in [1.165, 1.54) is 0 Å². The first-order valence-electron chi connectivity index (χ1n) is 6.36. The summed E-state index contributed by atoms with van der Waals surface area (Å²) < 4.78 is 1.93. The monoisotopic (exact) mass is 256 g/mol. The van der Waals surface area contributed by atoms with Crippen LogP contribution in [0.5, 0.6) is 0 Å². The lowest BCUT2D eigenvalue weighted by molar-refractivity contribution is 0.198. The molecule has 0 aromatic carbocycles. The predicted octanol–water partition coefficient (Wildman–Crippen LogP) is 2.90. The second-order valence-corrected chi connectivity index (χ2v) is 6.26. The zero-order valence-electron chi connectivity index (χ0n) is 11.3. The first-order valence-corrected chi connectivity index (χ1v) is 7.41. The Hall–Kier alpha value is -0.480. The van der Waals surface area contributed by atoms with Gasteiger partial charge in [-0.3, -0.25) is 4.68 Å². The Bertz CT molecular complexity index is 325. The van der Waals surface area contributed by atoms with Crippen LogP contribution in [-0.4, -0.2) is 32.0 Å². The van der Waals surface area contributed by atoms with Crippen LogP contribution < -0.4 is 0 Å². The molecule has 2 unspecified atom stereocenters. The van der Waals surface area contributed by atoms with Crippen molar-refractivity contribution in [3.05, 3.63) is 18.0 Å². The molecule has 1 heterocycles. The first kappa shape index (κ1) is 14.6. The molecule has 17 heavy (non-hydrogen) atoms. The fourth-order valence-corrected chi connectivity index (χ4v) is 2.37. The smallest absolute Gasteiger partial charge is 0.0686 e. The Morgan fingerprint density at radius 2 is 2.12 bits per heavy atom. The summed E-state index contributed by atoms with van der Waals surface area (Å²) >= 11 is 1.83. The summed E-state index contributed by atoms with van der Waals surface area (Å²) in [6.45, 7) is 8.58. The second kappa shape index (κ2) is 7.07. The molecule has 0 saturated heterocycles. The van der Waals surface area contributed by atoms with Gasteiger partial charge in [0.15, 0.2) is 0 Å². The Morgan fingerprint density at radius 1 is 1.41 bits per heavy atom. The Kier molecular flexibility index (Phi) is 6.06. The van der Waals surface area contributed by atoms with E-state index in [4.69, 9.17) is 0 Å². The molecule has 1 rings (SSSR count). The van der Waals surface area contributed by atoms with E-state index in [1.807, 2.05) is 28.7 Å². The van der Waals surface area contributed by atoms with Crippen molar-refractivity contribution < 1.29 is 5.11 Å². The lowest BCUT2D eigenvalue weighted by atomic mass is 10.2. The molecule has 0 fully saturated rings. The molecule has 4 heteroatoms. The van der Waals surface area contributed by atoms with Gasteiger partial charge in [-0.2, -0.15) is 16.9 Å². The summed E-state index contributed by atoms with van der Waals surface area (Å²) in [5, 5.41) is 15.0. The fraction of sp³-hybridized carbons (Fsp3) is 0.769. The van der Waals surface area contributed by atoms with E-state index in [-0.39, 0.29) is 6.10 Å². The molecule has 0 aliphatic rings. The lowest BCUT2D eigenvalue weighted by Crippen LogP contribution is -2.16. The van der Waals surface area contributed by atoms with Crippen LogP contribution in [0.3, 0.4) is 0 Å². The molecule has 0 bridgehead atoms. The molecule has 0 amide bonds. The van der Waals surface area contributed by atoms with Gasteiger partial charge in [0.25, 0.3) is 0 Å². The first-order chi connectivity index (χ1) is 8.02. The zero-order chi connectivity index (χ0) is 12.8. The van der Waals surface area contributed by atoms with Gasteiger partial charge < -0.3 is 5.11 Å². The van der Waals surface area contributed by atoms with Gasteiger partial charge in [-0.25, -0.2) is 0 Å². The van der Waals surface area contributed by atoms with Crippen molar-refractivity contribution in [2.75, 3.05) is 5.75 Å². The van der Waals surface area contributed by atoms with Crippen LogP contribution in [0.4, 0.5) is 0 Å². The van der Waals surface area contributed by atoms with Crippen molar-refractivity contribution in [3.63, 3.8) is 0 Å². The largest absolute Gasteiger partial charge is 0.392 e. The lowest BCUT2D eigenvalue weighted by Gasteiger charge is -2.12. The molecule has 0 aliphatic heterocycles. The number of aromatic nitrogens is 2. The number of nitrogens with zero attached hydrogens (tertiary/aromatic N) is 2. The van der Waals surface area contributed by atoms with Crippen LogP contribution in [0, 0.1) is 0 Å². The summed E-state index contributed by atoms with van der Waals surface area (Å²) in [7, 11) is 0. The third kappa shape index (κ3) is 5.13. The van der Waals surface area contributed by atoms with Crippen LogP contribution in [0.2, 0.25) is 0 Å². The van der Waals surface area contributed by atoms with E-state index < -0.39 is 0 Å². The van der Waals surface area contributed by atoms with Crippen molar-refractivity contribution in [2.45, 2.75) is 57.9 Å². The zero-order valence-corrected chi connectivity index (χ0v) is 12.1. The SMILES string of the molecule is CCC(C)SCC(O)Cc1ccn(C(C)C)n1. The average molecular weight is 256 g/mol. The van der Waals surface area contributed by atoms with Gasteiger partial charge in [0.1, 0.15) is 0 Å². The maximum Gasteiger partial charge on any atom is 0.0686 e. The number of thioether (sulfide) groups is 1. The van der Waals surface area contributed by atoms with Crippen LogP contribution in [-0.2, 0) is 6.42 Å². The van der Waals surface area contributed by atoms with Crippen LogP contribution in [0.25, 0.3) is 0 Å². The fourth-order valence-electron chi connectivity index (χ4n) is 1.47. The molecular formula is C13H24N2OS. The highest BCUT2D eigenvalue weighted by molar-refractivity contribution is 7.99. The standard InChI is InChI=1S/C13H24N2OS/c1-5-11(4)17-9-13(16)8-12-6-7-15(14-12)10(2)3/h6-7,10-11,13,16H,5,8-9H2,1-4H3. The van der Waals surface area contributed by atoms with Gasteiger partial charge in [-0.05, 0) is 26.3 Å². The van der Waals surface area contributed by atoms with E-state index in [0.717, 1.165) is 17.9 Å². The van der Waals surface area contributed by atoms with Gasteiger partial charge in [0.2, 0.25) is 0 Å². The highest BCUT2D eigenvalue weighted by atomic mass is 32.2. The third-order valence-electron chi connectivity index (χ3n) is 2.79. The van der Waals surface area contributed by atoms with Gasteiger partial charge in [-0.1, -0.05) is 13.8 Å². The number of aliphatic hydroxyl groups excluding tert-OH is 1. The maximum absolute atomic E-state index is 9.92.